The Bertz CT molecular complexity index is 1160. The van der Waals surface area contributed by atoms with Crippen LogP contribution in [0.4, 0.5) is 5.69 Å². The molecule has 0 saturated carbocycles. The second kappa shape index (κ2) is 9.91. The molecule has 1 aliphatic carbocycles. The zero-order valence-corrected chi connectivity index (χ0v) is 20.2. The lowest BCUT2D eigenvalue weighted by atomic mass is 9.84. The van der Waals surface area contributed by atoms with E-state index in [2.05, 4.69) is 5.32 Å². The monoisotopic (exact) mass is 473 g/mol. The van der Waals surface area contributed by atoms with Gasteiger partial charge in [-0.15, -0.1) is 0 Å². The molecule has 0 heterocycles. The number of hydrogen-bond acceptors (Lipinski definition) is 8. The highest BCUT2D eigenvalue weighted by Gasteiger charge is 2.35. The van der Waals surface area contributed by atoms with Gasteiger partial charge < -0.3 is 24.2 Å². The fraction of sp³-hybridized carbons (Fsp3) is 0.333. The summed E-state index contributed by atoms with van der Waals surface area (Å²) in [5.74, 6) is -1.57. The van der Waals surface area contributed by atoms with E-state index >= 15 is 0 Å². The van der Waals surface area contributed by atoms with Crippen LogP contribution in [0.3, 0.4) is 0 Å². The fourth-order valence-corrected chi connectivity index (χ4v) is 5.36. The van der Waals surface area contributed by atoms with E-state index in [1.54, 1.807) is 32.9 Å². The normalized spacial score (nSPS) is 14.5. The number of allylic oxidation sites excluding steroid dienone is 2. The molecule has 2 aromatic rings. The largest absolute Gasteiger partial charge is 0.507 e. The van der Waals surface area contributed by atoms with Crippen LogP contribution in [-0.2, 0) is 13.6 Å². The van der Waals surface area contributed by atoms with Gasteiger partial charge in [0.1, 0.15) is 17.3 Å². The SMILES string of the molecule is CCOP(=O)(OCC)C(C)Nc1cc(C)cc(OC)c1C1=CC(=O)c2c(O)cccc2C1=O. The van der Waals surface area contributed by atoms with Crippen molar-refractivity contribution in [2.45, 2.75) is 33.5 Å². The lowest BCUT2D eigenvalue weighted by Gasteiger charge is -2.27. The van der Waals surface area contributed by atoms with Gasteiger partial charge in [-0.05, 0) is 57.5 Å². The lowest BCUT2D eigenvalue weighted by molar-refractivity contribution is 0.0999. The van der Waals surface area contributed by atoms with Crippen LogP contribution >= 0.6 is 7.60 Å². The molecule has 1 atom stereocenters. The van der Waals surface area contributed by atoms with Gasteiger partial charge in [-0.3, -0.25) is 14.2 Å². The molecule has 0 radical (unpaired) electrons. The molecule has 33 heavy (non-hydrogen) atoms. The Morgan fingerprint density at radius 1 is 1.09 bits per heavy atom. The molecule has 0 spiro atoms. The highest BCUT2D eigenvalue weighted by Crippen LogP contribution is 2.53. The predicted molar refractivity (Wildman–Crippen MR) is 126 cm³/mol. The molecule has 3 rings (SSSR count). The molecular formula is C24H28NO7P. The third-order valence-corrected chi connectivity index (χ3v) is 7.56. The summed E-state index contributed by atoms with van der Waals surface area (Å²) in [5.41, 5.74) is 1.79. The van der Waals surface area contributed by atoms with E-state index in [1.165, 1.54) is 31.4 Å². The quantitative estimate of drug-likeness (QED) is 0.479. The lowest BCUT2D eigenvalue weighted by Crippen LogP contribution is -2.22. The molecule has 2 aromatic carbocycles. The summed E-state index contributed by atoms with van der Waals surface area (Å²) in [6.45, 7) is 7.37. The molecule has 176 valence electrons. The van der Waals surface area contributed by atoms with Crippen LogP contribution in [0.5, 0.6) is 11.5 Å². The minimum absolute atomic E-state index is 0.0302. The van der Waals surface area contributed by atoms with Gasteiger partial charge in [-0.25, -0.2) is 0 Å². The van der Waals surface area contributed by atoms with Crippen LogP contribution in [0.1, 0.15) is 52.6 Å². The number of hydrogen-bond donors (Lipinski definition) is 2. The van der Waals surface area contributed by atoms with Crippen molar-refractivity contribution in [1.82, 2.24) is 0 Å². The predicted octanol–water partition coefficient (Wildman–Crippen LogP) is 5.20. The molecule has 0 bridgehead atoms. The van der Waals surface area contributed by atoms with E-state index in [0.29, 0.717) is 17.0 Å². The van der Waals surface area contributed by atoms with Crippen LogP contribution in [-0.4, -0.2) is 42.8 Å². The number of rotatable bonds is 9. The Morgan fingerprint density at radius 3 is 2.36 bits per heavy atom. The van der Waals surface area contributed by atoms with Crippen LogP contribution in [0.25, 0.3) is 5.57 Å². The molecule has 0 aromatic heterocycles. The number of Topliss-reactive ketones (excluding diaryl/α,β-unsaturated/α-hetero) is 1. The molecule has 8 nitrogen and oxygen atoms in total. The maximum atomic E-state index is 13.4. The average Bonchev–Trinajstić information content (AvgIpc) is 2.76. The highest BCUT2D eigenvalue weighted by atomic mass is 31.2. The summed E-state index contributed by atoms with van der Waals surface area (Å²) in [6, 6.07) is 7.88. The summed E-state index contributed by atoms with van der Waals surface area (Å²) in [4.78, 5) is 26.2. The van der Waals surface area contributed by atoms with E-state index in [9.17, 15) is 19.3 Å². The van der Waals surface area contributed by atoms with Crippen molar-refractivity contribution in [3.63, 3.8) is 0 Å². The first-order valence-electron chi connectivity index (χ1n) is 10.6. The number of carbonyl (C=O) groups excluding carboxylic acids is 2. The Labute approximate surface area is 193 Å². The number of carbonyl (C=O) groups is 2. The van der Waals surface area contributed by atoms with E-state index in [0.717, 1.165) is 5.56 Å². The number of aryl methyl sites for hydroxylation is 1. The van der Waals surface area contributed by atoms with Crippen molar-refractivity contribution in [2.24, 2.45) is 0 Å². The molecule has 9 heteroatoms. The third kappa shape index (κ3) is 4.74. The number of phenols is 1. The molecule has 0 saturated heterocycles. The van der Waals surface area contributed by atoms with Gasteiger partial charge in [0.15, 0.2) is 11.6 Å². The second-order valence-electron chi connectivity index (χ2n) is 7.54. The van der Waals surface area contributed by atoms with Crippen LogP contribution in [0, 0.1) is 6.92 Å². The van der Waals surface area contributed by atoms with Crippen molar-refractivity contribution >= 4 is 30.4 Å². The minimum Gasteiger partial charge on any atom is -0.507 e. The Hall–Kier alpha value is -2.93. The van der Waals surface area contributed by atoms with Gasteiger partial charge in [0, 0.05) is 16.8 Å². The maximum absolute atomic E-state index is 13.4. The van der Waals surface area contributed by atoms with Crippen LogP contribution < -0.4 is 10.1 Å². The topological polar surface area (TPSA) is 111 Å². The molecule has 1 unspecified atom stereocenters. The number of fused-ring (bicyclic) bond motifs is 1. The number of ketones is 2. The van der Waals surface area contributed by atoms with Crippen molar-refractivity contribution in [1.29, 1.82) is 0 Å². The minimum atomic E-state index is -3.52. The number of phenolic OH excluding ortho intramolecular Hbond substituents is 1. The smallest absolute Gasteiger partial charge is 0.352 e. The summed E-state index contributed by atoms with van der Waals surface area (Å²) < 4.78 is 29.7. The van der Waals surface area contributed by atoms with Gasteiger partial charge in [-0.1, -0.05) is 12.1 Å². The molecule has 0 aliphatic heterocycles. The number of methoxy groups -OCH3 is 1. The molecule has 0 fully saturated rings. The average molecular weight is 473 g/mol. The zero-order valence-electron chi connectivity index (χ0n) is 19.3. The Balaban J connectivity index is 2.15. The summed E-state index contributed by atoms with van der Waals surface area (Å²) in [7, 11) is -2.05. The molecule has 2 N–H and O–H groups in total. The second-order valence-corrected chi connectivity index (χ2v) is 9.91. The van der Waals surface area contributed by atoms with Crippen LogP contribution in [0.2, 0.25) is 0 Å². The molecule has 0 amide bonds. The van der Waals surface area contributed by atoms with E-state index in [4.69, 9.17) is 13.8 Å². The van der Waals surface area contributed by atoms with Gasteiger partial charge in [-0.2, -0.15) is 0 Å². The van der Waals surface area contributed by atoms with E-state index in [-0.39, 0.29) is 35.7 Å². The fourth-order valence-electron chi connectivity index (χ4n) is 3.82. The summed E-state index contributed by atoms with van der Waals surface area (Å²) in [5, 5.41) is 13.3. The van der Waals surface area contributed by atoms with Crippen molar-refractivity contribution in [2.75, 3.05) is 25.6 Å². The van der Waals surface area contributed by atoms with Crippen molar-refractivity contribution in [3.05, 3.63) is 58.7 Å². The number of benzene rings is 2. The van der Waals surface area contributed by atoms with Crippen molar-refractivity contribution in [3.8, 4) is 11.5 Å². The first kappa shape index (κ1) is 24.7. The van der Waals surface area contributed by atoms with Crippen LogP contribution in [0.15, 0.2) is 36.4 Å². The number of aromatic hydroxyl groups is 1. The van der Waals surface area contributed by atoms with E-state index < -0.39 is 24.9 Å². The Kier molecular flexibility index (Phi) is 7.42. The Morgan fingerprint density at radius 2 is 1.76 bits per heavy atom. The van der Waals surface area contributed by atoms with Gasteiger partial charge in [0.05, 0.1) is 31.5 Å². The molecule has 1 aliphatic rings. The maximum Gasteiger partial charge on any atom is 0.352 e. The molecular weight excluding hydrogens is 445 g/mol. The highest BCUT2D eigenvalue weighted by molar-refractivity contribution is 7.54. The standard InChI is InChI=1S/C24H28NO7P/c1-6-31-33(29,32-7-2)15(4)25-18-11-14(3)12-21(30-5)22(18)17-13-20(27)23-16(24(17)28)9-8-10-19(23)26/h8-13,15,25-26H,6-7H2,1-5H3. The zero-order chi connectivity index (χ0) is 24.3. The first-order valence-corrected chi connectivity index (χ1v) is 12.2. The number of ether oxygens (including phenoxy) is 1. The van der Waals surface area contributed by atoms with Gasteiger partial charge in [0.25, 0.3) is 0 Å². The van der Waals surface area contributed by atoms with Crippen molar-refractivity contribution < 1.29 is 33.0 Å². The van der Waals surface area contributed by atoms with Gasteiger partial charge in [0.2, 0.25) is 0 Å². The van der Waals surface area contributed by atoms with E-state index in [1.807, 2.05) is 6.92 Å². The number of nitrogens with one attached hydrogen (secondary N) is 1. The number of anilines is 1. The third-order valence-electron chi connectivity index (χ3n) is 5.25. The first-order chi connectivity index (χ1) is 15.7. The summed E-state index contributed by atoms with van der Waals surface area (Å²) >= 11 is 0. The van der Waals surface area contributed by atoms with Gasteiger partial charge >= 0.3 is 7.60 Å². The summed E-state index contributed by atoms with van der Waals surface area (Å²) in [6.07, 6.45) is 1.19.